The van der Waals surface area contributed by atoms with E-state index in [9.17, 15) is 37.5 Å². The monoisotopic (exact) mass is 688 g/mol. The molecule has 0 saturated carbocycles. The molecule has 0 fully saturated rings. The summed E-state index contributed by atoms with van der Waals surface area (Å²) in [7, 11) is 1.24. The van der Waals surface area contributed by atoms with Crippen LogP contribution in [0.15, 0.2) is 109 Å². The van der Waals surface area contributed by atoms with Gasteiger partial charge in [0, 0.05) is 30.2 Å². The first kappa shape index (κ1) is 35.1. The van der Waals surface area contributed by atoms with E-state index in [1.54, 1.807) is 59.5 Å². The van der Waals surface area contributed by atoms with Gasteiger partial charge in [0.05, 0.1) is 30.3 Å². The van der Waals surface area contributed by atoms with E-state index < -0.39 is 48.5 Å². The minimum atomic E-state index is -4.68. The second kappa shape index (κ2) is 15.4. The molecule has 0 radical (unpaired) electrons. The largest absolute Gasteiger partial charge is 0.497 e. The maximum Gasteiger partial charge on any atom is 0.416 e. The minimum absolute atomic E-state index is 0.0122. The molecule has 258 valence electrons. The number of aromatic nitrogens is 2. The predicted molar refractivity (Wildman–Crippen MR) is 173 cm³/mol. The number of halogens is 3. The van der Waals surface area contributed by atoms with E-state index in [1.165, 1.54) is 43.5 Å². The molecule has 2 N–H and O–H groups in total. The Hall–Kier alpha value is -6.18. The van der Waals surface area contributed by atoms with Crippen molar-refractivity contribution in [1.29, 1.82) is 0 Å². The number of rotatable bonds is 12. The zero-order valence-corrected chi connectivity index (χ0v) is 26.6. The highest BCUT2D eigenvalue weighted by Crippen LogP contribution is 2.35. The summed E-state index contributed by atoms with van der Waals surface area (Å²) in [6, 6.07) is 18.2. The molecule has 0 aliphatic heterocycles. The molecule has 1 aromatic heterocycles. The van der Waals surface area contributed by atoms with Gasteiger partial charge in [0.15, 0.2) is 0 Å². The fourth-order valence-electron chi connectivity index (χ4n) is 5.23. The van der Waals surface area contributed by atoms with Crippen molar-refractivity contribution in [2.24, 2.45) is 0 Å². The van der Waals surface area contributed by atoms with Crippen molar-refractivity contribution in [3.63, 3.8) is 0 Å². The van der Waals surface area contributed by atoms with Gasteiger partial charge in [-0.05, 0) is 78.6 Å². The topological polar surface area (TPSA) is 140 Å². The third-order valence-corrected chi connectivity index (χ3v) is 7.67. The van der Waals surface area contributed by atoms with Crippen LogP contribution in [0.1, 0.15) is 39.9 Å². The first-order chi connectivity index (χ1) is 23.9. The number of amides is 2. The first-order valence-corrected chi connectivity index (χ1v) is 15.3. The van der Waals surface area contributed by atoms with Crippen molar-refractivity contribution >= 4 is 23.8 Å². The molecular formula is C36H31F3N4O7. The quantitative estimate of drug-likeness (QED) is 0.147. The molecule has 1 aliphatic carbocycles. The number of hydrogen-bond acceptors (Lipinski definition) is 7. The van der Waals surface area contributed by atoms with E-state index in [1.807, 2.05) is 0 Å². The lowest BCUT2D eigenvalue weighted by Gasteiger charge is -2.24. The summed E-state index contributed by atoms with van der Waals surface area (Å²) in [6.07, 6.45) is 1.43. The van der Waals surface area contributed by atoms with E-state index in [0.717, 1.165) is 11.0 Å². The van der Waals surface area contributed by atoms with Gasteiger partial charge < -0.3 is 24.8 Å². The molecule has 11 nitrogen and oxygen atoms in total. The number of nitrogens with one attached hydrogen (secondary N) is 1. The number of alkyl halides is 3. The van der Waals surface area contributed by atoms with Gasteiger partial charge in [-0.3, -0.25) is 14.4 Å². The molecule has 0 bridgehead atoms. The van der Waals surface area contributed by atoms with Gasteiger partial charge in [-0.2, -0.15) is 18.3 Å². The van der Waals surface area contributed by atoms with Gasteiger partial charge >= 0.3 is 18.1 Å². The standard InChI is InChI=1S/C36H31F3N4O7/c1-49-30-15-10-25(31(20-30)36(37,38)39)19-32(44)41-27-11-8-24(9-12-27)34(47)42(22-33(45)46)21-23-6-13-29(14-7-23)50-35(48)26-4-2-5-28(18-26)43-17-3-16-40-43/h2-8,10-11,13-18,20H,9,12,19,21-22H2,1H3,(H,41,44)(H,45,46). The number of carboxylic acid groups (broad SMARTS) is 1. The number of carboxylic acids is 1. The Morgan fingerprint density at radius 3 is 2.36 bits per heavy atom. The number of methoxy groups -OCH3 is 1. The summed E-state index contributed by atoms with van der Waals surface area (Å²) < 4.78 is 52.6. The van der Waals surface area contributed by atoms with Gasteiger partial charge in [-0.1, -0.05) is 30.3 Å². The average Bonchev–Trinajstić information content (AvgIpc) is 3.64. The maximum absolute atomic E-state index is 13.5. The highest BCUT2D eigenvalue weighted by atomic mass is 19.4. The van der Waals surface area contributed by atoms with E-state index in [-0.39, 0.29) is 36.4 Å². The van der Waals surface area contributed by atoms with Gasteiger partial charge in [0.25, 0.3) is 5.91 Å². The number of esters is 1. The van der Waals surface area contributed by atoms with Gasteiger partial charge in [0.1, 0.15) is 18.0 Å². The predicted octanol–water partition coefficient (Wildman–Crippen LogP) is 5.50. The fourth-order valence-corrected chi connectivity index (χ4v) is 5.23. The van der Waals surface area contributed by atoms with Crippen molar-refractivity contribution in [3.8, 4) is 17.2 Å². The summed E-state index contributed by atoms with van der Waals surface area (Å²) in [5.74, 6) is -2.75. The summed E-state index contributed by atoms with van der Waals surface area (Å²) in [5, 5.41) is 16.2. The van der Waals surface area contributed by atoms with E-state index in [0.29, 0.717) is 28.1 Å². The Balaban J connectivity index is 1.20. The Morgan fingerprint density at radius 1 is 0.960 bits per heavy atom. The highest BCUT2D eigenvalue weighted by Gasteiger charge is 2.34. The molecule has 3 aromatic carbocycles. The fraction of sp³-hybridized carbons (Fsp3) is 0.194. The lowest BCUT2D eigenvalue weighted by molar-refractivity contribution is -0.143. The Bertz CT molecular complexity index is 1950. The van der Waals surface area contributed by atoms with Crippen molar-refractivity contribution < 1.29 is 46.9 Å². The van der Waals surface area contributed by atoms with Crippen molar-refractivity contribution in [2.75, 3.05) is 13.7 Å². The van der Waals surface area contributed by atoms with Crippen molar-refractivity contribution in [3.05, 3.63) is 131 Å². The van der Waals surface area contributed by atoms with Crippen LogP contribution >= 0.6 is 0 Å². The van der Waals surface area contributed by atoms with Crippen LogP contribution in [0.5, 0.6) is 11.5 Å². The number of allylic oxidation sites excluding steroid dienone is 3. The smallest absolute Gasteiger partial charge is 0.416 e. The zero-order valence-electron chi connectivity index (χ0n) is 26.6. The van der Waals surface area contributed by atoms with Crippen LogP contribution in [0.3, 0.4) is 0 Å². The number of nitrogens with zero attached hydrogens (tertiary/aromatic N) is 3. The van der Waals surface area contributed by atoms with Crippen LogP contribution in [0.4, 0.5) is 13.2 Å². The third kappa shape index (κ3) is 9.04. The number of hydrogen-bond donors (Lipinski definition) is 2. The Morgan fingerprint density at radius 2 is 1.72 bits per heavy atom. The van der Waals surface area contributed by atoms with E-state index in [2.05, 4.69) is 10.4 Å². The summed E-state index contributed by atoms with van der Waals surface area (Å²) in [5.41, 5.74) is 1.07. The van der Waals surface area contributed by atoms with Crippen LogP contribution in [-0.4, -0.2) is 57.2 Å². The van der Waals surface area contributed by atoms with E-state index >= 15 is 0 Å². The lowest BCUT2D eigenvalue weighted by atomic mass is 10.00. The van der Waals surface area contributed by atoms with Crippen molar-refractivity contribution in [2.45, 2.75) is 32.0 Å². The maximum atomic E-state index is 13.5. The molecule has 5 rings (SSSR count). The van der Waals surface area contributed by atoms with Crippen LogP contribution in [0.2, 0.25) is 0 Å². The molecule has 0 spiro atoms. The second-order valence-corrected chi connectivity index (χ2v) is 11.2. The molecule has 2 amide bonds. The Kier molecular flexibility index (Phi) is 10.8. The van der Waals surface area contributed by atoms with Crippen LogP contribution in [0, 0.1) is 0 Å². The average molecular weight is 689 g/mol. The molecule has 0 atom stereocenters. The zero-order chi connectivity index (χ0) is 35.8. The van der Waals surface area contributed by atoms with Gasteiger partial charge in [-0.25, -0.2) is 9.48 Å². The normalized spacial score (nSPS) is 12.7. The summed E-state index contributed by atoms with van der Waals surface area (Å²) >= 11 is 0. The molecule has 4 aromatic rings. The summed E-state index contributed by atoms with van der Waals surface area (Å²) in [6.45, 7) is -0.643. The Labute approximate surface area is 284 Å². The lowest BCUT2D eigenvalue weighted by Crippen LogP contribution is -2.36. The van der Waals surface area contributed by atoms with Crippen molar-refractivity contribution in [1.82, 2.24) is 20.0 Å². The number of benzene rings is 3. The minimum Gasteiger partial charge on any atom is -0.497 e. The number of ether oxygens (including phenoxy) is 2. The third-order valence-electron chi connectivity index (χ3n) is 7.67. The molecule has 0 unspecified atom stereocenters. The molecule has 1 aliphatic rings. The van der Waals surface area contributed by atoms with Crippen LogP contribution < -0.4 is 14.8 Å². The SMILES string of the molecule is COc1ccc(CC(=O)NC2=CC=C(C(=O)N(CC(=O)O)Cc3ccc(OC(=O)c4cccc(-n5cccn5)c4)cc3)CC2)c(C(F)(F)F)c1. The van der Waals surface area contributed by atoms with Crippen LogP contribution in [0.25, 0.3) is 5.69 Å². The molecular weight excluding hydrogens is 657 g/mol. The summed E-state index contributed by atoms with van der Waals surface area (Å²) in [4.78, 5) is 51.5. The number of carbonyl (C=O) groups excluding carboxylic acids is 3. The molecule has 0 saturated heterocycles. The van der Waals surface area contributed by atoms with Gasteiger partial charge in [0.2, 0.25) is 5.91 Å². The first-order valence-electron chi connectivity index (χ1n) is 15.3. The number of carbonyl (C=O) groups is 4. The number of aliphatic carboxylic acids is 1. The molecule has 14 heteroatoms. The second-order valence-electron chi connectivity index (χ2n) is 11.2. The molecule has 1 heterocycles. The van der Waals surface area contributed by atoms with Crippen LogP contribution in [-0.2, 0) is 33.5 Å². The highest BCUT2D eigenvalue weighted by molar-refractivity contribution is 5.96. The van der Waals surface area contributed by atoms with Gasteiger partial charge in [-0.15, -0.1) is 0 Å². The molecule has 50 heavy (non-hydrogen) atoms. The van der Waals surface area contributed by atoms with E-state index in [4.69, 9.17) is 9.47 Å².